The van der Waals surface area contributed by atoms with Gasteiger partial charge in [-0.1, -0.05) is 53.7 Å². The van der Waals surface area contributed by atoms with Crippen LogP contribution in [0.15, 0.2) is 60.0 Å². The Morgan fingerprint density at radius 2 is 1.88 bits per heavy atom. The summed E-state index contributed by atoms with van der Waals surface area (Å²) in [6.07, 6.45) is 3.86. The first-order chi connectivity index (χ1) is 12.2. The van der Waals surface area contributed by atoms with E-state index in [1.807, 2.05) is 47.1 Å². The highest BCUT2D eigenvalue weighted by atomic mass is 35.5. The predicted molar refractivity (Wildman–Crippen MR) is 101 cm³/mol. The Bertz CT molecular complexity index is 1010. The SMILES string of the molecule is CCn1c(SCc2cn3cc(Cl)ccc3n2)nnc1-c1ccccc1. The van der Waals surface area contributed by atoms with E-state index in [4.69, 9.17) is 11.6 Å². The fourth-order valence-electron chi connectivity index (χ4n) is 2.71. The lowest BCUT2D eigenvalue weighted by Gasteiger charge is -2.06. The van der Waals surface area contributed by atoms with Crippen LogP contribution in [0.3, 0.4) is 0 Å². The van der Waals surface area contributed by atoms with E-state index >= 15 is 0 Å². The van der Waals surface area contributed by atoms with Gasteiger partial charge in [-0.3, -0.25) is 0 Å². The number of aromatic nitrogens is 5. The number of rotatable bonds is 5. The van der Waals surface area contributed by atoms with Crippen molar-refractivity contribution in [2.75, 3.05) is 0 Å². The smallest absolute Gasteiger partial charge is 0.191 e. The molecule has 4 rings (SSSR count). The highest BCUT2D eigenvalue weighted by Crippen LogP contribution is 2.26. The second kappa shape index (κ2) is 6.90. The number of hydrogen-bond acceptors (Lipinski definition) is 4. The van der Waals surface area contributed by atoms with Crippen molar-refractivity contribution in [2.24, 2.45) is 0 Å². The second-order valence-corrected chi connectivity index (χ2v) is 6.93. The molecule has 0 N–H and O–H groups in total. The number of pyridine rings is 1. The van der Waals surface area contributed by atoms with Crippen molar-refractivity contribution in [3.8, 4) is 11.4 Å². The number of hydrogen-bond donors (Lipinski definition) is 0. The van der Waals surface area contributed by atoms with E-state index in [0.717, 1.165) is 40.2 Å². The van der Waals surface area contributed by atoms with Gasteiger partial charge in [-0.2, -0.15) is 0 Å². The van der Waals surface area contributed by atoms with Crippen LogP contribution >= 0.6 is 23.4 Å². The Kier molecular flexibility index (Phi) is 4.46. The number of thioether (sulfide) groups is 1. The summed E-state index contributed by atoms with van der Waals surface area (Å²) in [4.78, 5) is 4.62. The zero-order valence-corrected chi connectivity index (χ0v) is 15.2. The molecule has 3 heterocycles. The van der Waals surface area contributed by atoms with Gasteiger partial charge < -0.3 is 8.97 Å². The molecule has 0 unspecified atom stereocenters. The highest BCUT2D eigenvalue weighted by Gasteiger charge is 2.13. The van der Waals surface area contributed by atoms with Crippen molar-refractivity contribution in [1.82, 2.24) is 24.1 Å². The van der Waals surface area contributed by atoms with Crippen LogP contribution < -0.4 is 0 Å². The molecule has 3 aromatic heterocycles. The molecule has 0 bridgehead atoms. The summed E-state index contributed by atoms with van der Waals surface area (Å²) in [5.74, 6) is 1.62. The van der Waals surface area contributed by atoms with Crippen LogP contribution in [-0.2, 0) is 12.3 Å². The van der Waals surface area contributed by atoms with Crippen LogP contribution in [0.5, 0.6) is 0 Å². The molecule has 7 heteroatoms. The monoisotopic (exact) mass is 369 g/mol. The van der Waals surface area contributed by atoms with Crippen LogP contribution in [0.2, 0.25) is 5.02 Å². The fourth-order valence-corrected chi connectivity index (χ4v) is 3.76. The van der Waals surface area contributed by atoms with Gasteiger partial charge >= 0.3 is 0 Å². The number of halogens is 1. The molecule has 0 aliphatic rings. The topological polar surface area (TPSA) is 48.0 Å². The van der Waals surface area contributed by atoms with Crippen molar-refractivity contribution < 1.29 is 0 Å². The Morgan fingerprint density at radius 3 is 2.68 bits per heavy atom. The Balaban J connectivity index is 1.57. The van der Waals surface area contributed by atoms with Crippen molar-refractivity contribution >= 4 is 29.0 Å². The van der Waals surface area contributed by atoms with Gasteiger partial charge in [0.15, 0.2) is 11.0 Å². The second-order valence-electron chi connectivity index (χ2n) is 5.55. The van der Waals surface area contributed by atoms with Gasteiger partial charge in [-0.25, -0.2) is 4.98 Å². The largest absolute Gasteiger partial charge is 0.305 e. The van der Waals surface area contributed by atoms with E-state index in [9.17, 15) is 0 Å². The molecule has 0 atom stereocenters. The van der Waals surface area contributed by atoms with Gasteiger partial charge in [-0.15, -0.1) is 10.2 Å². The maximum absolute atomic E-state index is 6.03. The molecule has 0 aliphatic heterocycles. The van der Waals surface area contributed by atoms with E-state index in [2.05, 4.69) is 38.8 Å². The highest BCUT2D eigenvalue weighted by molar-refractivity contribution is 7.98. The quantitative estimate of drug-likeness (QED) is 0.484. The minimum Gasteiger partial charge on any atom is -0.305 e. The van der Waals surface area contributed by atoms with Gasteiger partial charge in [0.05, 0.1) is 10.7 Å². The van der Waals surface area contributed by atoms with Crippen molar-refractivity contribution in [1.29, 1.82) is 0 Å². The molecule has 0 amide bonds. The third-order valence-electron chi connectivity index (χ3n) is 3.88. The molecular formula is C18H16ClN5S. The summed E-state index contributed by atoms with van der Waals surface area (Å²) in [5, 5.41) is 10.3. The number of benzene rings is 1. The molecule has 0 spiro atoms. The number of nitrogens with zero attached hydrogens (tertiary/aromatic N) is 5. The summed E-state index contributed by atoms with van der Waals surface area (Å²) in [6.45, 7) is 2.92. The molecule has 1 aromatic carbocycles. The Labute approximate surface area is 154 Å². The fraction of sp³-hybridized carbons (Fsp3) is 0.167. The van der Waals surface area contributed by atoms with Gasteiger partial charge in [0.1, 0.15) is 5.65 Å². The van der Waals surface area contributed by atoms with E-state index in [0.29, 0.717) is 5.02 Å². The van der Waals surface area contributed by atoms with E-state index in [1.54, 1.807) is 11.8 Å². The average molecular weight is 370 g/mol. The third-order valence-corrected chi connectivity index (χ3v) is 5.10. The summed E-state index contributed by atoms with van der Waals surface area (Å²) >= 11 is 7.67. The summed E-state index contributed by atoms with van der Waals surface area (Å²) in [7, 11) is 0. The first-order valence-corrected chi connectivity index (χ1v) is 9.35. The van der Waals surface area contributed by atoms with E-state index in [-0.39, 0.29) is 0 Å². The molecule has 0 saturated heterocycles. The Morgan fingerprint density at radius 1 is 1.04 bits per heavy atom. The molecule has 4 aromatic rings. The lowest BCUT2D eigenvalue weighted by atomic mass is 10.2. The van der Waals surface area contributed by atoms with Gasteiger partial charge in [0.25, 0.3) is 0 Å². The van der Waals surface area contributed by atoms with Crippen LogP contribution in [0, 0.1) is 0 Å². The van der Waals surface area contributed by atoms with Crippen molar-refractivity contribution in [3.05, 3.63) is 65.6 Å². The van der Waals surface area contributed by atoms with Crippen molar-refractivity contribution in [2.45, 2.75) is 24.4 Å². The minimum absolute atomic E-state index is 0.697. The van der Waals surface area contributed by atoms with Crippen LogP contribution in [0.4, 0.5) is 0 Å². The van der Waals surface area contributed by atoms with Crippen LogP contribution in [0.25, 0.3) is 17.0 Å². The standard InChI is InChI=1S/C18H16ClN5S/c1-2-24-17(13-6-4-3-5-7-13)21-22-18(24)25-12-15-11-23-10-14(19)8-9-16(23)20-15/h3-11H,2,12H2,1H3. The zero-order valence-electron chi connectivity index (χ0n) is 13.6. The molecule has 0 aliphatic carbocycles. The molecular weight excluding hydrogens is 354 g/mol. The number of fused-ring (bicyclic) bond motifs is 1. The lowest BCUT2D eigenvalue weighted by molar-refractivity contribution is 0.687. The van der Waals surface area contributed by atoms with Crippen molar-refractivity contribution in [3.63, 3.8) is 0 Å². The average Bonchev–Trinajstić information content (AvgIpc) is 3.23. The zero-order chi connectivity index (χ0) is 17.2. The van der Waals surface area contributed by atoms with Crippen LogP contribution in [-0.4, -0.2) is 24.1 Å². The number of imidazole rings is 1. The summed E-state index contributed by atoms with van der Waals surface area (Å²) in [6, 6.07) is 13.9. The normalized spacial score (nSPS) is 11.3. The predicted octanol–water partition coefficient (Wildman–Crippen LogP) is 4.56. The minimum atomic E-state index is 0.697. The Hall–Kier alpha value is -2.31. The van der Waals surface area contributed by atoms with E-state index in [1.165, 1.54) is 0 Å². The third kappa shape index (κ3) is 3.27. The van der Waals surface area contributed by atoms with Gasteiger partial charge in [0, 0.05) is 30.3 Å². The molecule has 0 radical (unpaired) electrons. The first-order valence-electron chi connectivity index (χ1n) is 7.99. The summed E-state index contributed by atoms with van der Waals surface area (Å²) in [5.41, 5.74) is 2.95. The molecule has 126 valence electrons. The maximum Gasteiger partial charge on any atom is 0.191 e. The maximum atomic E-state index is 6.03. The lowest BCUT2D eigenvalue weighted by Crippen LogP contribution is -1.99. The van der Waals surface area contributed by atoms with Crippen LogP contribution in [0.1, 0.15) is 12.6 Å². The van der Waals surface area contributed by atoms with Gasteiger partial charge in [-0.05, 0) is 19.1 Å². The van der Waals surface area contributed by atoms with E-state index < -0.39 is 0 Å². The first kappa shape index (κ1) is 16.2. The molecule has 25 heavy (non-hydrogen) atoms. The molecule has 0 saturated carbocycles. The molecule has 5 nitrogen and oxygen atoms in total. The van der Waals surface area contributed by atoms with Gasteiger partial charge in [0.2, 0.25) is 0 Å². The summed E-state index contributed by atoms with van der Waals surface area (Å²) < 4.78 is 4.07. The molecule has 0 fully saturated rings.